The minimum Gasteiger partial charge on any atom is -0.305 e. The summed E-state index contributed by atoms with van der Waals surface area (Å²) in [5.41, 5.74) is 3.63. The van der Waals surface area contributed by atoms with Gasteiger partial charge >= 0.3 is 5.69 Å². The lowest BCUT2D eigenvalue weighted by Crippen LogP contribution is -2.14. The van der Waals surface area contributed by atoms with E-state index < -0.39 is 0 Å². The van der Waals surface area contributed by atoms with E-state index in [-0.39, 0.29) is 5.69 Å². The Hall–Kier alpha value is -2.07. The van der Waals surface area contributed by atoms with Gasteiger partial charge in [0.05, 0.1) is 11.4 Å². The van der Waals surface area contributed by atoms with Crippen molar-refractivity contribution in [1.82, 2.24) is 9.55 Å². The number of benzene rings is 2. The topological polar surface area (TPSA) is 37.8 Å². The summed E-state index contributed by atoms with van der Waals surface area (Å²) in [6.45, 7) is 1.99. The van der Waals surface area contributed by atoms with Gasteiger partial charge in [-0.05, 0) is 36.2 Å². The summed E-state index contributed by atoms with van der Waals surface area (Å²) < 4.78 is 2.66. The zero-order chi connectivity index (χ0) is 14.1. The first-order chi connectivity index (χ1) is 9.65. The Balaban J connectivity index is 2.10. The molecule has 0 bridgehead atoms. The number of hydrogen-bond acceptors (Lipinski definition) is 1. The first-order valence-electron chi connectivity index (χ1n) is 6.29. The fourth-order valence-electron chi connectivity index (χ4n) is 2.18. The Labute approximate surface area is 125 Å². The van der Waals surface area contributed by atoms with Gasteiger partial charge in [0.1, 0.15) is 0 Å². The van der Waals surface area contributed by atoms with Crippen molar-refractivity contribution in [1.29, 1.82) is 0 Å². The molecule has 0 fully saturated rings. The maximum atomic E-state index is 12.1. The molecule has 0 unspecified atom stereocenters. The number of rotatable bonds is 2. The molecular formula is C16H13BrN2O. The molecule has 100 valence electrons. The number of aromatic amines is 1. The fourth-order valence-corrected chi connectivity index (χ4v) is 2.45. The number of H-pyrrole nitrogens is 1. The van der Waals surface area contributed by atoms with Crippen molar-refractivity contribution in [3.8, 4) is 16.9 Å². The molecule has 3 aromatic rings. The highest BCUT2D eigenvalue weighted by atomic mass is 79.9. The molecule has 20 heavy (non-hydrogen) atoms. The molecule has 0 saturated carbocycles. The number of hydrogen-bond donors (Lipinski definition) is 1. The number of nitrogens with one attached hydrogen (secondary N) is 1. The van der Waals surface area contributed by atoms with Gasteiger partial charge in [0.25, 0.3) is 0 Å². The third kappa shape index (κ3) is 2.34. The minimum atomic E-state index is -0.128. The molecule has 0 aliphatic heterocycles. The molecular weight excluding hydrogens is 316 g/mol. The van der Waals surface area contributed by atoms with Gasteiger partial charge < -0.3 is 4.98 Å². The molecule has 0 radical (unpaired) electrons. The lowest BCUT2D eigenvalue weighted by molar-refractivity contribution is 0.976. The predicted octanol–water partition coefficient (Wildman–Crippen LogP) is 3.90. The van der Waals surface area contributed by atoms with Crippen LogP contribution in [0.15, 0.2) is 64.0 Å². The van der Waals surface area contributed by atoms with Gasteiger partial charge in [0, 0.05) is 10.7 Å². The standard InChI is InChI=1S/C16H13BrN2O/c1-11-4-2-3-5-15(11)19-10-14(18-16(19)20)12-6-8-13(17)9-7-12/h2-10H,1H3,(H,18,20). The molecule has 1 aromatic heterocycles. The normalized spacial score (nSPS) is 10.7. The summed E-state index contributed by atoms with van der Waals surface area (Å²) in [7, 11) is 0. The quantitative estimate of drug-likeness (QED) is 0.761. The average molecular weight is 329 g/mol. The van der Waals surface area contributed by atoms with Gasteiger partial charge in [0.2, 0.25) is 0 Å². The average Bonchev–Trinajstić information content (AvgIpc) is 2.82. The molecule has 0 saturated heterocycles. The number of halogens is 1. The van der Waals surface area contributed by atoms with Gasteiger partial charge in [-0.2, -0.15) is 0 Å². The summed E-state index contributed by atoms with van der Waals surface area (Å²) in [5, 5.41) is 0. The van der Waals surface area contributed by atoms with E-state index in [1.807, 2.05) is 61.7 Å². The van der Waals surface area contributed by atoms with Crippen LogP contribution in [0.2, 0.25) is 0 Å². The van der Waals surface area contributed by atoms with Gasteiger partial charge in [0.15, 0.2) is 0 Å². The lowest BCUT2D eigenvalue weighted by atomic mass is 10.2. The highest BCUT2D eigenvalue weighted by Gasteiger charge is 2.08. The second-order valence-corrected chi connectivity index (χ2v) is 5.55. The van der Waals surface area contributed by atoms with Crippen molar-refractivity contribution >= 4 is 15.9 Å². The van der Waals surface area contributed by atoms with Crippen LogP contribution in [0.4, 0.5) is 0 Å². The van der Waals surface area contributed by atoms with E-state index >= 15 is 0 Å². The van der Waals surface area contributed by atoms with Crippen molar-refractivity contribution in [2.45, 2.75) is 6.92 Å². The molecule has 0 aliphatic rings. The van der Waals surface area contributed by atoms with Gasteiger partial charge in [-0.15, -0.1) is 0 Å². The van der Waals surface area contributed by atoms with Crippen LogP contribution in [0.25, 0.3) is 16.9 Å². The molecule has 1 N–H and O–H groups in total. The second-order valence-electron chi connectivity index (χ2n) is 4.64. The van der Waals surface area contributed by atoms with Crippen LogP contribution in [0.5, 0.6) is 0 Å². The summed E-state index contributed by atoms with van der Waals surface area (Å²) in [4.78, 5) is 15.0. The van der Waals surface area contributed by atoms with Crippen molar-refractivity contribution in [2.75, 3.05) is 0 Å². The van der Waals surface area contributed by atoms with Gasteiger partial charge in [-0.1, -0.05) is 46.3 Å². The van der Waals surface area contributed by atoms with Crippen molar-refractivity contribution in [3.05, 3.63) is 75.2 Å². The number of aryl methyl sites for hydroxylation is 1. The summed E-state index contributed by atoms with van der Waals surface area (Å²) in [6.07, 6.45) is 1.84. The van der Waals surface area contributed by atoms with Crippen LogP contribution in [-0.4, -0.2) is 9.55 Å². The molecule has 0 amide bonds. The SMILES string of the molecule is Cc1ccccc1-n1cc(-c2ccc(Br)cc2)[nH]c1=O. The van der Waals surface area contributed by atoms with Crippen LogP contribution in [0.1, 0.15) is 5.56 Å². The zero-order valence-electron chi connectivity index (χ0n) is 10.9. The van der Waals surface area contributed by atoms with E-state index in [1.165, 1.54) is 0 Å². The monoisotopic (exact) mass is 328 g/mol. The number of para-hydroxylation sites is 1. The molecule has 0 aliphatic carbocycles. The third-order valence-electron chi connectivity index (χ3n) is 3.25. The number of nitrogens with zero attached hydrogens (tertiary/aromatic N) is 1. The van der Waals surface area contributed by atoms with E-state index in [1.54, 1.807) is 4.57 Å². The van der Waals surface area contributed by atoms with Gasteiger partial charge in [-0.25, -0.2) is 4.79 Å². The van der Waals surface area contributed by atoms with E-state index in [4.69, 9.17) is 0 Å². The maximum absolute atomic E-state index is 12.1. The largest absolute Gasteiger partial charge is 0.330 e. The van der Waals surface area contributed by atoms with Crippen LogP contribution >= 0.6 is 15.9 Å². The highest BCUT2D eigenvalue weighted by molar-refractivity contribution is 9.10. The van der Waals surface area contributed by atoms with Crippen molar-refractivity contribution in [2.24, 2.45) is 0 Å². The molecule has 3 nitrogen and oxygen atoms in total. The first-order valence-corrected chi connectivity index (χ1v) is 7.08. The molecule has 0 spiro atoms. The zero-order valence-corrected chi connectivity index (χ0v) is 12.5. The summed E-state index contributed by atoms with van der Waals surface area (Å²) in [6, 6.07) is 15.7. The number of aromatic nitrogens is 2. The van der Waals surface area contributed by atoms with Crippen molar-refractivity contribution in [3.63, 3.8) is 0 Å². The van der Waals surface area contributed by atoms with Crippen LogP contribution in [0, 0.1) is 6.92 Å². The summed E-state index contributed by atoms with van der Waals surface area (Å²) >= 11 is 3.41. The molecule has 1 heterocycles. The smallest absolute Gasteiger partial charge is 0.305 e. The Bertz CT molecular complexity index is 800. The molecule has 4 heteroatoms. The van der Waals surface area contributed by atoms with E-state index in [2.05, 4.69) is 20.9 Å². The lowest BCUT2D eigenvalue weighted by Gasteiger charge is -2.04. The van der Waals surface area contributed by atoms with Crippen LogP contribution in [-0.2, 0) is 0 Å². The Kier molecular flexibility index (Phi) is 3.32. The van der Waals surface area contributed by atoms with E-state index in [0.717, 1.165) is 27.0 Å². The van der Waals surface area contributed by atoms with Crippen LogP contribution in [0.3, 0.4) is 0 Å². The highest BCUT2D eigenvalue weighted by Crippen LogP contribution is 2.20. The minimum absolute atomic E-state index is 0.128. The predicted molar refractivity (Wildman–Crippen MR) is 84.3 cm³/mol. The van der Waals surface area contributed by atoms with Crippen LogP contribution < -0.4 is 5.69 Å². The first kappa shape index (κ1) is 12.9. The van der Waals surface area contributed by atoms with Gasteiger partial charge in [-0.3, -0.25) is 4.57 Å². The third-order valence-corrected chi connectivity index (χ3v) is 3.78. The maximum Gasteiger partial charge on any atom is 0.330 e. The molecule has 3 rings (SSSR count). The Morgan fingerprint density at radius 2 is 1.75 bits per heavy atom. The number of imidazole rings is 1. The second kappa shape index (κ2) is 5.13. The molecule has 2 aromatic carbocycles. The molecule has 0 atom stereocenters. The fraction of sp³-hybridized carbons (Fsp3) is 0.0625. The summed E-state index contributed by atoms with van der Waals surface area (Å²) in [5.74, 6) is 0. The van der Waals surface area contributed by atoms with E-state index in [0.29, 0.717) is 0 Å². The van der Waals surface area contributed by atoms with Crippen molar-refractivity contribution < 1.29 is 0 Å². The Morgan fingerprint density at radius 1 is 1.05 bits per heavy atom. The Morgan fingerprint density at radius 3 is 2.45 bits per heavy atom. The van der Waals surface area contributed by atoms with E-state index in [9.17, 15) is 4.79 Å².